The van der Waals surface area contributed by atoms with Gasteiger partial charge in [0.25, 0.3) is 0 Å². The van der Waals surface area contributed by atoms with Crippen molar-refractivity contribution in [1.29, 1.82) is 0 Å². The maximum absolute atomic E-state index is 12.4. The van der Waals surface area contributed by atoms with Crippen molar-refractivity contribution >= 4 is 11.8 Å². The highest BCUT2D eigenvalue weighted by atomic mass is 16.6. The number of rotatable bonds is 4. The number of allylic oxidation sites excluding steroid dienone is 1. The summed E-state index contributed by atoms with van der Waals surface area (Å²) in [5, 5.41) is 11.1. The van der Waals surface area contributed by atoms with E-state index in [4.69, 9.17) is 9.47 Å². The molecule has 3 aliphatic rings. The van der Waals surface area contributed by atoms with Crippen LogP contribution in [0, 0.1) is 23.2 Å². The Morgan fingerprint density at radius 2 is 2.00 bits per heavy atom. The molecule has 7 atom stereocenters. The molecule has 1 saturated heterocycles. The predicted molar refractivity (Wildman–Crippen MR) is 97.4 cm³/mol. The lowest BCUT2D eigenvalue weighted by atomic mass is 9.51. The Morgan fingerprint density at radius 3 is 2.58 bits per heavy atom. The van der Waals surface area contributed by atoms with E-state index < -0.39 is 18.2 Å². The van der Waals surface area contributed by atoms with Crippen LogP contribution < -0.4 is 0 Å². The van der Waals surface area contributed by atoms with Crippen molar-refractivity contribution in [2.45, 2.75) is 78.1 Å². The molecule has 2 saturated carbocycles. The summed E-state index contributed by atoms with van der Waals surface area (Å²) >= 11 is 0. The molecular weight excluding hydrogens is 332 g/mol. The van der Waals surface area contributed by atoms with Crippen LogP contribution in [0.2, 0.25) is 0 Å². The maximum atomic E-state index is 12.4. The zero-order valence-electron chi connectivity index (χ0n) is 16.6. The number of Topliss-reactive ketones (excluding diaryl/α,β-unsaturated/α-hetero) is 1. The van der Waals surface area contributed by atoms with Gasteiger partial charge in [0.1, 0.15) is 11.9 Å². The Hall–Kier alpha value is -1.20. The summed E-state index contributed by atoms with van der Waals surface area (Å²) in [4.78, 5) is 24.7. The number of hydrogen-bond donors (Lipinski definition) is 1. The SMILES string of the molecule is CCC(C)=CC(=O)OC1C(O)C(C2(C)CO2)CC2(C)C(C)CC(=O)CC12. The molecule has 5 nitrogen and oxygen atoms in total. The number of ketones is 1. The number of esters is 1. The summed E-state index contributed by atoms with van der Waals surface area (Å²) < 4.78 is 11.4. The Morgan fingerprint density at radius 1 is 1.35 bits per heavy atom. The second-order valence-corrected chi connectivity index (χ2v) is 9.11. The van der Waals surface area contributed by atoms with Gasteiger partial charge in [-0.25, -0.2) is 4.79 Å². The molecule has 0 aromatic rings. The van der Waals surface area contributed by atoms with Gasteiger partial charge in [-0.05, 0) is 38.0 Å². The lowest BCUT2D eigenvalue weighted by Gasteiger charge is -2.56. The van der Waals surface area contributed by atoms with Gasteiger partial charge in [-0.2, -0.15) is 0 Å². The van der Waals surface area contributed by atoms with Crippen molar-refractivity contribution in [1.82, 2.24) is 0 Å². The molecule has 0 aromatic carbocycles. The lowest BCUT2D eigenvalue weighted by Crippen LogP contribution is -2.60. The minimum absolute atomic E-state index is 0.0894. The number of aliphatic hydroxyl groups is 1. The molecule has 7 unspecified atom stereocenters. The topological polar surface area (TPSA) is 76.1 Å². The van der Waals surface area contributed by atoms with Gasteiger partial charge < -0.3 is 14.6 Å². The number of epoxide rings is 1. The van der Waals surface area contributed by atoms with Crippen LogP contribution in [0.3, 0.4) is 0 Å². The summed E-state index contributed by atoms with van der Waals surface area (Å²) in [7, 11) is 0. The van der Waals surface area contributed by atoms with Gasteiger partial charge >= 0.3 is 5.97 Å². The first kappa shape index (κ1) is 19.6. The number of ether oxygens (including phenoxy) is 2. The normalized spacial score (nSPS) is 45.8. The lowest BCUT2D eigenvalue weighted by molar-refractivity contribution is -0.195. The zero-order valence-corrected chi connectivity index (χ0v) is 16.6. The highest BCUT2D eigenvalue weighted by molar-refractivity contribution is 5.83. The van der Waals surface area contributed by atoms with Crippen LogP contribution >= 0.6 is 0 Å². The van der Waals surface area contributed by atoms with E-state index in [0.717, 1.165) is 18.4 Å². The first-order valence-corrected chi connectivity index (χ1v) is 9.82. The fourth-order valence-electron chi connectivity index (χ4n) is 4.94. The highest BCUT2D eigenvalue weighted by Crippen LogP contribution is 2.58. The number of carbonyl (C=O) groups excluding carboxylic acids is 2. The average Bonchev–Trinajstić information content (AvgIpc) is 3.31. The van der Waals surface area contributed by atoms with E-state index in [1.165, 1.54) is 6.08 Å². The number of fused-ring (bicyclic) bond motifs is 1. The summed E-state index contributed by atoms with van der Waals surface area (Å²) in [5.41, 5.74) is 0.431. The molecular formula is C21H32O5. The Balaban J connectivity index is 1.92. The molecule has 0 radical (unpaired) electrons. The van der Waals surface area contributed by atoms with Crippen LogP contribution in [0.1, 0.15) is 60.3 Å². The summed E-state index contributed by atoms with van der Waals surface area (Å²) in [6.07, 6.45) is 2.52. The minimum Gasteiger partial charge on any atom is -0.456 e. The Kier molecular flexibility index (Phi) is 5.08. The van der Waals surface area contributed by atoms with Crippen LogP contribution in [-0.2, 0) is 19.1 Å². The molecule has 26 heavy (non-hydrogen) atoms. The highest BCUT2D eigenvalue weighted by Gasteiger charge is 2.63. The second kappa shape index (κ2) is 6.75. The summed E-state index contributed by atoms with van der Waals surface area (Å²) in [6.45, 7) is 10.8. The van der Waals surface area contributed by atoms with Crippen molar-refractivity contribution in [2.24, 2.45) is 23.2 Å². The first-order chi connectivity index (χ1) is 12.1. The van der Waals surface area contributed by atoms with Gasteiger partial charge in [0.15, 0.2) is 0 Å². The van der Waals surface area contributed by atoms with Crippen LogP contribution in [-0.4, -0.2) is 41.3 Å². The van der Waals surface area contributed by atoms with Crippen LogP contribution in [0.5, 0.6) is 0 Å². The average molecular weight is 364 g/mol. The van der Waals surface area contributed by atoms with Crippen molar-refractivity contribution in [3.63, 3.8) is 0 Å². The molecule has 0 amide bonds. The van der Waals surface area contributed by atoms with Crippen LogP contribution in [0.15, 0.2) is 11.6 Å². The Labute approximate surface area is 156 Å². The van der Waals surface area contributed by atoms with E-state index in [2.05, 4.69) is 13.8 Å². The van der Waals surface area contributed by atoms with Gasteiger partial charge in [-0.3, -0.25) is 4.79 Å². The van der Waals surface area contributed by atoms with Gasteiger partial charge in [0.05, 0.1) is 18.3 Å². The number of aliphatic hydroxyl groups excluding tert-OH is 1. The van der Waals surface area contributed by atoms with Crippen molar-refractivity contribution in [3.8, 4) is 0 Å². The molecule has 0 aromatic heterocycles. The third kappa shape index (κ3) is 3.36. The quantitative estimate of drug-likeness (QED) is 0.471. The molecule has 1 aliphatic heterocycles. The smallest absolute Gasteiger partial charge is 0.331 e. The largest absolute Gasteiger partial charge is 0.456 e. The molecule has 2 aliphatic carbocycles. The van der Waals surface area contributed by atoms with Crippen molar-refractivity contribution in [3.05, 3.63) is 11.6 Å². The van der Waals surface area contributed by atoms with E-state index in [-0.39, 0.29) is 34.6 Å². The minimum atomic E-state index is -0.807. The second-order valence-electron chi connectivity index (χ2n) is 9.11. The summed E-state index contributed by atoms with van der Waals surface area (Å²) in [5.74, 6) is -0.273. The molecule has 1 heterocycles. The monoisotopic (exact) mass is 364 g/mol. The number of hydrogen-bond acceptors (Lipinski definition) is 5. The van der Waals surface area contributed by atoms with Crippen LogP contribution in [0.25, 0.3) is 0 Å². The molecule has 1 N–H and O–H groups in total. The molecule has 146 valence electrons. The van der Waals surface area contributed by atoms with E-state index in [1.54, 1.807) is 0 Å². The predicted octanol–water partition coefficient (Wildman–Crippen LogP) is 3.05. The van der Waals surface area contributed by atoms with Gasteiger partial charge in [0.2, 0.25) is 0 Å². The maximum Gasteiger partial charge on any atom is 0.331 e. The van der Waals surface area contributed by atoms with E-state index in [0.29, 0.717) is 19.4 Å². The van der Waals surface area contributed by atoms with Gasteiger partial charge in [-0.15, -0.1) is 0 Å². The molecule has 3 rings (SSSR count). The van der Waals surface area contributed by atoms with E-state index >= 15 is 0 Å². The number of carbonyl (C=O) groups is 2. The first-order valence-electron chi connectivity index (χ1n) is 9.82. The molecule has 0 bridgehead atoms. The molecule has 5 heteroatoms. The summed E-state index contributed by atoms with van der Waals surface area (Å²) in [6, 6.07) is 0. The third-order valence-corrected chi connectivity index (χ3v) is 7.32. The zero-order chi connectivity index (χ0) is 19.3. The third-order valence-electron chi connectivity index (χ3n) is 7.32. The molecule has 0 spiro atoms. The Bertz CT molecular complexity index is 620. The van der Waals surface area contributed by atoms with Gasteiger partial charge in [-0.1, -0.05) is 26.3 Å². The van der Waals surface area contributed by atoms with E-state index in [1.807, 2.05) is 20.8 Å². The fourth-order valence-corrected chi connectivity index (χ4v) is 4.94. The molecule has 3 fully saturated rings. The fraction of sp³-hybridized carbons (Fsp3) is 0.810. The van der Waals surface area contributed by atoms with Crippen molar-refractivity contribution < 1.29 is 24.2 Å². The van der Waals surface area contributed by atoms with Gasteiger partial charge in [0, 0.05) is 30.8 Å². The van der Waals surface area contributed by atoms with Crippen molar-refractivity contribution in [2.75, 3.05) is 6.61 Å². The van der Waals surface area contributed by atoms with Crippen LogP contribution in [0.4, 0.5) is 0 Å². The standard InChI is InChI=1S/C21H32O5/c1-6-12(2)7-17(23)26-19-15-9-14(22)8-13(3)20(15,4)10-16(18(19)24)21(5)11-25-21/h7,13,15-16,18-19,24H,6,8-11H2,1-5H3. The van der Waals surface area contributed by atoms with E-state index in [9.17, 15) is 14.7 Å².